The van der Waals surface area contributed by atoms with Crippen molar-refractivity contribution in [2.75, 3.05) is 26.2 Å². The van der Waals surface area contributed by atoms with Crippen LogP contribution in [0.1, 0.15) is 79.1 Å². The Kier molecular flexibility index (Phi) is 8.56. The summed E-state index contributed by atoms with van der Waals surface area (Å²) in [5, 5.41) is 0. The third-order valence-electron chi connectivity index (χ3n) is 6.84. The maximum Gasteiger partial charge on any atom is 0.404 e. The summed E-state index contributed by atoms with van der Waals surface area (Å²) in [7, 11) is 0. The minimum Gasteiger partial charge on any atom is -0.466 e. The first-order chi connectivity index (χ1) is 15.9. The van der Waals surface area contributed by atoms with Gasteiger partial charge in [-0.25, -0.2) is 9.69 Å². The number of ether oxygens (including phenoxy) is 3. The summed E-state index contributed by atoms with van der Waals surface area (Å²) in [6, 6.07) is -1.78. The highest BCUT2D eigenvalue weighted by atomic mass is 19.4. The predicted octanol–water partition coefficient (Wildman–Crippen LogP) is 4.24. The van der Waals surface area contributed by atoms with E-state index in [0.717, 1.165) is 12.8 Å². The Morgan fingerprint density at radius 1 is 0.912 bits per heavy atom. The van der Waals surface area contributed by atoms with Crippen molar-refractivity contribution in [2.24, 2.45) is 5.92 Å². The van der Waals surface area contributed by atoms with Crippen LogP contribution in [-0.2, 0) is 23.8 Å². The lowest BCUT2D eigenvalue weighted by atomic mass is 9.87. The number of esters is 2. The molecule has 2 saturated heterocycles. The van der Waals surface area contributed by atoms with Crippen LogP contribution in [0.15, 0.2) is 0 Å². The van der Waals surface area contributed by atoms with Crippen LogP contribution in [0.5, 0.6) is 0 Å². The molecule has 10 heteroatoms. The summed E-state index contributed by atoms with van der Waals surface area (Å²) in [5.74, 6) is -3.24. The van der Waals surface area contributed by atoms with Crippen LogP contribution in [0, 0.1) is 5.92 Å². The zero-order valence-corrected chi connectivity index (χ0v) is 20.8. The van der Waals surface area contributed by atoms with Crippen LogP contribution in [0.2, 0.25) is 0 Å². The number of nitrogens with zero attached hydrogens (tertiary/aromatic N) is 2. The molecule has 3 rings (SSSR count). The van der Waals surface area contributed by atoms with Gasteiger partial charge in [-0.2, -0.15) is 13.2 Å². The first-order valence-electron chi connectivity index (χ1n) is 12.5. The van der Waals surface area contributed by atoms with Crippen molar-refractivity contribution >= 4 is 11.9 Å². The molecule has 0 bridgehead atoms. The van der Waals surface area contributed by atoms with Gasteiger partial charge in [-0.3, -0.25) is 9.69 Å². The number of rotatable bonds is 7. The molecule has 0 aromatic rings. The van der Waals surface area contributed by atoms with E-state index in [0.29, 0.717) is 51.8 Å². The Hall–Kier alpha value is -1.39. The van der Waals surface area contributed by atoms with Crippen molar-refractivity contribution in [3.63, 3.8) is 0 Å². The van der Waals surface area contributed by atoms with Crippen LogP contribution in [0.4, 0.5) is 13.2 Å². The Morgan fingerprint density at radius 2 is 1.53 bits per heavy atom. The molecule has 0 spiro atoms. The topological polar surface area (TPSA) is 68.3 Å². The van der Waals surface area contributed by atoms with E-state index in [2.05, 4.69) is 0 Å². The molecule has 3 aliphatic rings. The number of likely N-dealkylation sites (tertiary alicyclic amines) is 2. The molecule has 1 saturated carbocycles. The van der Waals surface area contributed by atoms with Crippen LogP contribution in [0.3, 0.4) is 0 Å². The molecule has 2 atom stereocenters. The van der Waals surface area contributed by atoms with Gasteiger partial charge in [0.25, 0.3) is 5.85 Å². The summed E-state index contributed by atoms with van der Waals surface area (Å²) >= 11 is 0. The number of alkyl halides is 3. The van der Waals surface area contributed by atoms with Crippen molar-refractivity contribution in [2.45, 2.75) is 109 Å². The second-order valence-corrected chi connectivity index (χ2v) is 10.5. The van der Waals surface area contributed by atoms with Crippen molar-refractivity contribution < 1.29 is 37.0 Å². The number of hydrogen-bond acceptors (Lipinski definition) is 7. The fourth-order valence-corrected chi connectivity index (χ4v) is 5.36. The molecule has 196 valence electrons. The van der Waals surface area contributed by atoms with E-state index in [1.54, 1.807) is 32.6 Å². The van der Waals surface area contributed by atoms with Crippen LogP contribution in [0.25, 0.3) is 0 Å². The Bertz CT molecular complexity index is 712. The molecule has 0 aromatic carbocycles. The van der Waals surface area contributed by atoms with Crippen LogP contribution in [-0.4, -0.2) is 77.8 Å². The molecule has 3 fully saturated rings. The summed E-state index contributed by atoms with van der Waals surface area (Å²) < 4.78 is 59.7. The molecule has 0 radical (unpaired) electrons. The van der Waals surface area contributed by atoms with Gasteiger partial charge >= 0.3 is 18.1 Å². The maximum absolute atomic E-state index is 14.1. The highest BCUT2D eigenvalue weighted by molar-refractivity contribution is 5.79. The van der Waals surface area contributed by atoms with Gasteiger partial charge in [-0.1, -0.05) is 0 Å². The molecule has 2 aliphatic heterocycles. The molecule has 1 aliphatic carbocycles. The molecule has 1 unspecified atom stereocenters. The summed E-state index contributed by atoms with van der Waals surface area (Å²) in [4.78, 5) is 28.9. The van der Waals surface area contributed by atoms with Gasteiger partial charge in [0.15, 0.2) is 0 Å². The minimum atomic E-state index is -4.49. The molecule has 0 aromatic heterocycles. The van der Waals surface area contributed by atoms with Gasteiger partial charge in [-0.15, -0.1) is 0 Å². The Morgan fingerprint density at radius 3 is 2.06 bits per heavy atom. The number of hydrogen-bond donors (Lipinski definition) is 0. The highest BCUT2D eigenvalue weighted by Crippen LogP contribution is 2.43. The Balaban J connectivity index is 1.93. The number of carbonyl (C=O) groups is 2. The van der Waals surface area contributed by atoms with Gasteiger partial charge in [0.2, 0.25) is 0 Å². The molecular weight excluding hydrogens is 453 g/mol. The van der Waals surface area contributed by atoms with Crippen LogP contribution < -0.4 is 0 Å². The third-order valence-corrected chi connectivity index (χ3v) is 6.84. The maximum atomic E-state index is 14.1. The zero-order valence-electron chi connectivity index (χ0n) is 20.8. The molecule has 34 heavy (non-hydrogen) atoms. The molecule has 0 amide bonds. The highest BCUT2D eigenvalue weighted by Gasteiger charge is 2.62. The monoisotopic (exact) mass is 492 g/mol. The average molecular weight is 493 g/mol. The smallest absolute Gasteiger partial charge is 0.404 e. The fraction of sp³-hybridized carbons (Fsp3) is 0.917. The molecular formula is C24H39F3N2O5. The lowest BCUT2D eigenvalue weighted by Crippen LogP contribution is -2.71. The van der Waals surface area contributed by atoms with Crippen molar-refractivity contribution in [1.82, 2.24) is 9.80 Å². The largest absolute Gasteiger partial charge is 0.466 e. The van der Waals surface area contributed by atoms with Gasteiger partial charge < -0.3 is 14.2 Å². The fourth-order valence-electron chi connectivity index (χ4n) is 5.36. The van der Waals surface area contributed by atoms with E-state index in [9.17, 15) is 22.8 Å². The van der Waals surface area contributed by atoms with E-state index in [1.807, 2.05) is 0 Å². The second-order valence-electron chi connectivity index (χ2n) is 10.5. The van der Waals surface area contributed by atoms with Gasteiger partial charge in [-0.05, 0) is 79.1 Å². The van der Waals surface area contributed by atoms with E-state index in [1.165, 1.54) is 4.90 Å². The van der Waals surface area contributed by atoms with Gasteiger partial charge in [0, 0.05) is 19.6 Å². The minimum absolute atomic E-state index is 0.0825. The quantitative estimate of drug-likeness (QED) is 0.493. The second kappa shape index (κ2) is 10.7. The molecule has 0 N–H and O–H groups in total. The number of carbonyl (C=O) groups excluding carboxylic acids is 2. The van der Waals surface area contributed by atoms with Gasteiger partial charge in [0.05, 0.1) is 18.6 Å². The van der Waals surface area contributed by atoms with E-state index in [-0.39, 0.29) is 24.9 Å². The predicted molar refractivity (Wildman–Crippen MR) is 119 cm³/mol. The molecule has 7 nitrogen and oxygen atoms in total. The molecule has 2 heterocycles. The summed E-state index contributed by atoms with van der Waals surface area (Å²) in [6.45, 7) is 8.18. The standard InChI is InChI=1S/C24H39F3N2O5/c1-5-32-20(30)17-10-12-18(13-11-17)33-24(28-14-6-7-15-28,21(31)34-22(2,3)4)29-16-8-9-19(29)23(25,26)27/h17-19H,5-16H2,1-4H3/t17-,18-,19-,24?/m0/s1. The SMILES string of the molecule is CCOC(=O)[C@H]1CC[C@H](OC(C(=O)OC(C)(C)C)(N2CCCC2)N2CCC[C@H]2C(F)(F)F)CC1. The van der Waals surface area contributed by atoms with Gasteiger partial charge in [0.1, 0.15) is 11.6 Å². The average Bonchev–Trinajstić information content (AvgIpc) is 3.43. The van der Waals surface area contributed by atoms with Crippen LogP contribution >= 0.6 is 0 Å². The van der Waals surface area contributed by atoms with E-state index >= 15 is 0 Å². The van der Waals surface area contributed by atoms with E-state index in [4.69, 9.17) is 14.2 Å². The van der Waals surface area contributed by atoms with Crippen molar-refractivity contribution in [3.05, 3.63) is 0 Å². The lowest BCUT2D eigenvalue weighted by molar-refractivity contribution is -0.301. The van der Waals surface area contributed by atoms with Crippen molar-refractivity contribution in [3.8, 4) is 0 Å². The summed E-state index contributed by atoms with van der Waals surface area (Å²) in [6.07, 6.45) is -1.22. The first kappa shape index (κ1) is 27.2. The summed E-state index contributed by atoms with van der Waals surface area (Å²) in [5.41, 5.74) is -0.888. The Labute approximate surface area is 200 Å². The lowest BCUT2D eigenvalue weighted by Gasteiger charge is -2.50. The normalized spacial score (nSPS) is 29.1. The van der Waals surface area contributed by atoms with Crippen molar-refractivity contribution in [1.29, 1.82) is 0 Å². The number of halogens is 3. The third kappa shape index (κ3) is 6.05. The zero-order chi connectivity index (χ0) is 25.1. The van der Waals surface area contributed by atoms with E-state index < -0.39 is 35.7 Å². The first-order valence-corrected chi connectivity index (χ1v) is 12.5.